The zero-order valence-electron chi connectivity index (χ0n) is 12.2. The molecule has 1 aromatic rings. The number of ether oxygens (including phenoxy) is 1. The van der Waals surface area contributed by atoms with Gasteiger partial charge in [-0.2, -0.15) is 0 Å². The van der Waals surface area contributed by atoms with Gasteiger partial charge in [0, 0.05) is 12.5 Å². The summed E-state index contributed by atoms with van der Waals surface area (Å²) in [6.07, 6.45) is 3.41. The summed E-state index contributed by atoms with van der Waals surface area (Å²) in [5, 5.41) is 3.12. The molecule has 4 heteroatoms. The van der Waals surface area contributed by atoms with E-state index in [4.69, 9.17) is 4.74 Å². The number of hydrogen-bond acceptors (Lipinski definition) is 3. The first kappa shape index (κ1) is 14.9. The molecule has 2 rings (SSSR count). The molecule has 1 amide bonds. The molecule has 1 heterocycles. The van der Waals surface area contributed by atoms with Crippen molar-refractivity contribution >= 4 is 5.91 Å². The minimum atomic E-state index is 0.149. The summed E-state index contributed by atoms with van der Waals surface area (Å²) < 4.78 is 5.57. The third-order valence-electron chi connectivity index (χ3n) is 3.64. The minimum absolute atomic E-state index is 0.149. The molecule has 0 spiro atoms. The Morgan fingerprint density at radius 2 is 2.00 bits per heavy atom. The molecule has 4 nitrogen and oxygen atoms in total. The quantitative estimate of drug-likeness (QED) is 0.809. The molecule has 1 aliphatic rings. The fourth-order valence-corrected chi connectivity index (χ4v) is 2.39. The number of rotatable bonds is 6. The predicted octanol–water partition coefficient (Wildman–Crippen LogP) is 2.06. The van der Waals surface area contributed by atoms with E-state index in [2.05, 4.69) is 17.3 Å². The number of amides is 1. The second-order valence-electron chi connectivity index (χ2n) is 5.41. The number of carbonyl (C=O) groups is 1. The van der Waals surface area contributed by atoms with Crippen LogP contribution in [0.1, 0.15) is 25.7 Å². The molecule has 0 bridgehead atoms. The minimum Gasteiger partial charge on any atom is -0.494 e. The van der Waals surface area contributed by atoms with Crippen molar-refractivity contribution in [2.75, 3.05) is 26.7 Å². The Labute approximate surface area is 121 Å². The van der Waals surface area contributed by atoms with Gasteiger partial charge >= 0.3 is 0 Å². The van der Waals surface area contributed by atoms with Gasteiger partial charge in [-0.25, -0.2) is 0 Å². The molecule has 1 fully saturated rings. The van der Waals surface area contributed by atoms with Gasteiger partial charge in [0.1, 0.15) is 5.75 Å². The highest BCUT2D eigenvalue weighted by Gasteiger charge is 2.17. The average molecular weight is 276 g/mol. The summed E-state index contributed by atoms with van der Waals surface area (Å²) >= 11 is 0. The van der Waals surface area contributed by atoms with E-state index >= 15 is 0 Å². The lowest BCUT2D eigenvalue weighted by atomic mass is 10.1. The van der Waals surface area contributed by atoms with Crippen LogP contribution in [0, 0.1) is 0 Å². The van der Waals surface area contributed by atoms with Gasteiger partial charge < -0.3 is 15.0 Å². The summed E-state index contributed by atoms with van der Waals surface area (Å²) in [5.74, 6) is 1.01. The van der Waals surface area contributed by atoms with Crippen molar-refractivity contribution in [3.8, 4) is 5.75 Å². The first-order chi connectivity index (χ1) is 9.74. The van der Waals surface area contributed by atoms with E-state index in [0.717, 1.165) is 38.1 Å². The Morgan fingerprint density at radius 1 is 1.30 bits per heavy atom. The van der Waals surface area contributed by atoms with Crippen molar-refractivity contribution in [1.29, 1.82) is 0 Å². The van der Waals surface area contributed by atoms with Crippen molar-refractivity contribution in [2.45, 2.75) is 31.7 Å². The molecular formula is C16H24N2O2. The number of hydrogen-bond donors (Lipinski definition) is 1. The molecule has 1 saturated heterocycles. The highest BCUT2D eigenvalue weighted by molar-refractivity contribution is 5.76. The lowest BCUT2D eigenvalue weighted by Gasteiger charge is -2.29. The highest BCUT2D eigenvalue weighted by atomic mass is 16.5. The summed E-state index contributed by atoms with van der Waals surface area (Å²) in [4.78, 5) is 14.1. The van der Waals surface area contributed by atoms with E-state index in [9.17, 15) is 4.79 Å². The van der Waals surface area contributed by atoms with Crippen molar-refractivity contribution in [3.63, 3.8) is 0 Å². The number of nitrogens with zero attached hydrogens (tertiary/aromatic N) is 1. The second-order valence-corrected chi connectivity index (χ2v) is 5.41. The molecule has 0 saturated carbocycles. The van der Waals surface area contributed by atoms with E-state index in [1.165, 1.54) is 0 Å². The lowest BCUT2D eigenvalue weighted by Crippen LogP contribution is -2.43. The molecule has 110 valence electrons. The van der Waals surface area contributed by atoms with Gasteiger partial charge in [-0.15, -0.1) is 0 Å². The molecule has 0 unspecified atom stereocenters. The smallest absolute Gasteiger partial charge is 0.220 e. The maximum atomic E-state index is 11.8. The van der Waals surface area contributed by atoms with E-state index in [1.54, 1.807) is 0 Å². The van der Waals surface area contributed by atoms with Gasteiger partial charge in [0.05, 0.1) is 6.61 Å². The number of para-hydroxylation sites is 1. The van der Waals surface area contributed by atoms with Crippen LogP contribution < -0.4 is 10.1 Å². The van der Waals surface area contributed by atoms with Crippen molar-refractivity contribution < 1.29 is 9.53 Å². The van der Waals surface area contributed by atoms with Gasteiger partial charge in [0.15, 0.2) is 0 Å². The Kier molecular flexibility index (Phi) is 5.87. The van der Waals surface area contributed by atoms with Crippen molar-refractivity contribution in [3.05, 3.63) is 30.3 Å². The van der Waals surface area contributed by atoms with E-state index in [-0.39, 0.29) is 5.91 Å². The fourth-order valence-electron chi connectivity index (χ4n) is 2.39. The number of likely N-dealkylation sites (tertiary alicyclic amines) is 1. The Morgan fingerprint density at radius 3 is 2.70 bits per heavy atom. The first-order valence-electron chi connectivity index (χ1n) is 7.40. The summed E-state index contributed by atoms with van der Waals surface area (Å²) in [6, 6.07) is 10.1. The summed E-state index contributed by atoms with van der Waals surface area (Å²) in [7, 11) is 2.12. The van der Waals surface area contributed by atoms with Gasteiger partial charge in [0.25, 0.3) is 0 Å². The molecule has 20 heavy (non-hydrogen) atoms. The normalized spacial score (nSPS) is 16.9. The maximum absolute atomic E-state index is 11.8. The second kappa shape index (κ2) is 7.90. The van der Waals surface area contributed by atoms with Crippen LogP contribution in [0.5, 0.6) is 5.75 Å². The maximum Gasteiger partial charge on any atom is 0.220 e. The first-order valence-corrected chi connectivity index (χ1v) is 7.40. The summed E-state index contributed by atoms with van der Waals surface area (Å²) in [5.41, 5.74) is 0. The molecule has 0 atom stereocenters. The highest BCUT2D eigenvalue weighted by Crippen LogP contribution is 2.10. The zero-order chi connectivity index (χ0) is 14.2. The van der Waals surface area contributed by atoms with Gasteiger partial charge in [-0.3, -0.25) is 4.79 Å². The zero-order valence-corrected chi connectivity index (χ0v) is 12.2. The summed E-state index contributed by atoms with van der Waals surface area (Å²) in [6.45, 7) is 2.73. The van der Waals surface area contributed by atoms with Gasteiger partial charge in [0.2, 0.25) is 5.91 Å². The van der Waals surface area contributed by atoms with Crippen LogP contribution >= 0.6 is 0 Å². The molecule has 0 aromatic heterocycles. The van der Waals surface area contributed by atoms with Crippen molar-refractivity contribution in [2.24, 2.45) is 0 Å². The van der Waals surface area contributed by atoms with Crippen LogP contribution in [-0.4, -0.2) is 43.6 Å². The fraction of sp³-hybridized carbons (Fsp3) is 0.562. The van der Waals surface area contributed by atoms with Crippen molar-refractivity contribution in [1.82, 2.24) is 10.2 Å². The standard InChI is InChI=1S/C16H24N2O2/c1-18-11-9-14(10-12-18)17-16(19)8-5-13-20-15-6-3-2-4-7-15/h2-4,6-7,14H,5,8-13H2,1H3,(H,17,19). The van der Waals surface area contributed by atoms with Crippen LogP contribution in [0.4, 0.5) is 0 Å². The Bertz CT molecular complexity index is 400. The van der Waals surface area contributed by atoms with Gasteiger partial charge in [-0.05, 0) is 51.5 Å². The van der Waals surface area contributed by atoms with E-state index in [1.807, 2.05) is 30.3 Å². The predicted molar refractivity (Wildman–Crippen MR) is 79.8 cm³/mol. The monoisotopic (exact) mass is 276 g/mol. The molecular weight excluding hydrogens is 252 g/mol. The van der Waals surface area contributed by atoms with Crippen LogP contribution in [0.3, 0.4) is 0 Å². The molecule has 1 aliphatic heterocycles. The van der Waals surface area contributed by atoms with E-state index in [0.29, 0.717) is 19.1 Å². The number of benzene rings is 1. The van der Waals surface area contributed by atoms with E-state index < -0.39 is 0 Å². The Balaban J connectivity index is 1.56. The third-order valence-corrected chi connectivity index (χ3v) is 3.64. The Hall–Kier alpha value is -1.55. The largest absolute Gasteiger partial charge is 0.494 e. The third kappa shape index (κ3) is 5.21. The number of nitrogens with one attached hydrogen (secondary N) is 1. The average Bonchev–Trinajstić information content (AvgIpc) is 2.47. The molecule has 0 aliphatic carbocycles. The topological polar surface area (TPSA) is 41.6 Å². The lowest BCUT2D eigenvalue weighted by molar-refractivity contribution is -0.122. The molecule has 1 N–H and O–H groups in total. The van der Waals surface area contributed by atoms with Crippen LogP contribution in [0.2, 0.25) is 0 Å². The molecule has 0 radical (unpaired) electrons. The number of piperidine rings is 1. The van der Waals surface area contributed by atoms with Crippen LogP contribution in [0.15, 0.2) is 30.3 Å². The number of carbonyl (C=O) groups excluding carboxylic acids is 1. The van der Waals surface area contributed by atoms with Crippen LogP contribution in [0.25, 0.3) is 0 Å². The molecule has 1 aromatic carbocycles. The SMILES string of the molecule is CN1CCC(NC(=O)CCCOc2ccccc2)CC1. The van der Waals surface area contributed by atoms with Crippen LogP contribution in [-0.2, 0) is 4.79 Å². The van der Waals surface area contributed by atoms with Gasteiger partial charge in [-0.1, -0.05) is 18.2 Å².